The lowest BCUT2D eigenvalue weighted by Crippen LogP contribution is -2.57. The molecule has 0 bridgehead atoms. The summed E-state index contributed by atoms with van der Waals surface area (Å²) in [7, 11) is 1.45. The number of morpholine rings is 1. The molecular formula is C15H30N2O3. The second-order valence-electron chi connectivity index (χ2n) is 6.35. The van der Waals surface area contributed by atoms with E-state index in [-0.39, 0.29) is 18.1 Å². The van der Waals surface area contributed by atoms with E-state index in [9.17, 15) is 4.79 Å². The van der Waals surface area contributed by atoms with E-state index in [2.05, 4.69) is 24.1 Å². The standard InChI is InChI=1S/C15H30N2O3/c1-11(2)16-15(5,14(18)19-6)9-12(3)17-7-8-20-13(4)10-17/h11-13,16H,7-10H2,1-6H3. The predicted octanol–water partition coefficient (Wildman–Crippen LogP) is 1.42. The molecule has 0 saturated carbocycles. The van der Waals surface area contributed by atoms with Crippen LogP contribution < -0.4 is 5.32 Å². The number of rotatable bonds is 6. The van der Waals surface area contributed by atoms with E-state index in [1.807, 2.05) is 20.8 Å². The van der Waals surface area contributed by atoms with E-state index >= 15 is 0 Å². The average Bonchev–Trinajstić information content (AvgIpc) is 2.36. The maximum atomic E-state index is 12.1. The SMILES string of the molecule is COC(=O)C(C)(CC(C)N1CCOC(C)C1)NC(C)C. The first-order chi connectivity index (χ1) is 9.28. The van der Waals surface area contributed by atoms with Gasteiger partial charge in [-0.15, -0.1) is 0 Å². The van der Waals surface area contributed by atoms with Gasteiger partial charge in [-0.05, 0) is 41.0 Å². The van der Waals surface area contributed by atoms with Gasteiger partial charge in [-0.3, -0.25) is 15.0 Å². The first-order valence-electron chi connectivity index (χ1n) is 7.50. The third kappa shape index (κ3) is 4.72. The molecular weight excluding hydrogens is 256 g/mol. The number of hydrogen-bond donors (Lipinski definition) is 1. The Kier molecular flexibility index (Phi) is 6.43. The Morgan fingerprint density at radius 1 is 1.50 bits per heavy atom. The third-order valence-electron chi connectivity index (χ3n) is 3.84. The van der Waals surface area contributed by atoms with Gasteiger partial charge in [0.15, 0.2) is 0 Å². The van der Waals surface area contributed by atoms with Gasteiger partial charge in [0.2, 0.25) is 0 Å². The Bertz CT molecular complexity index is 322. The monoisotopic (exact) mass is 286 g/mol. The zero-order valence-electron chi connectivity index (χ0n) is 13.7. The molecule has 0 spiro atoms. The van der Waals surface area contributed by atoms with E-state index in [1.54, 1.807) is 0 Å². The van der Waals surface area contributed by atoms with E-state index in [0.29, 0.717) is 6.04 Å². The van der Waals surface area contributed by atoms with E-state index < -0.39 is 5.54 Å². The van der Waals surface area contributed by atoms with Crippen LogP contribution >= 0.6 is 0 Å². The number of nitrogens with zero attached hydrogens (tertiary/aromatic N) is 1. The van der Waals surface area contributed by atoms with E-state index in [0.717, 1.165) is 26.1 Å². The first-order valence-corrected chi connectivity index (χ1v) is 7.50. The van der Waals surface area contributed by atoms with Crippen molar-refractivity contribution in [3.05, 3.63) is 0 Å². The Hall–Kier alpha value is -0.650. The average molecular weight is 286 g/mol. The molecule has 3 atom stereocenters. The first kappa shape index (κ1) is 17.4. The van der Waals surface area contributed by atoms with Gasteiger partial charge in [-0.25, -0.2) is 0 Å². The van der Waals surface area contributed by atoms with Crippen LogP contribution in [0.25, 0.3) is 0 Å². The highest BCUT2D eigenvalue weighted by atomic mass is 16.5. The summed E-state index contributed by atoms with van der Waals surface area (Å²) < 4.78 is 10.6. The number of esters is 1. The van der Waals surface area contributed by atoms with Crippen molar-refractivity contribution < 1.29 is 14.3 Å². The smallest absolute Gasteiger partial charge is 0.325 e. The quantitative estimate of drug-likeness (QED) is 0.748. The van der Waals surface area contributed by atoms with Crippen LogP contribution in [0.5, 0.6) is 0 Å². The lowest BCUT2D eigenvalue weighted by atomic mass is 9.91. The van der Waals surface area contributed by atoms with Crippen molar-refractivity contribution in [2.45, 2.75) is 64.8 Å². The molecule has 0 radical (unpaired) electrons. The predicted molar refractivity (Wildman–Crippen MR) is 79.8 cm³/mol. The number of carbonyl (C=O) groups is 1. The highest BCUT2D eigenvalue weighted by Gasteiger charge is 2.38. The van der Waals surface area contributed by atoms with Crippen molar-refractivity contribution >= 4 is 5.97 Å². The molecule has 1 rings (SSSR count). The molecule has 1 saturated heterocycles. The van der Waals surface area contributed by atoms with Crippen LogP contribution in [-0.4, -0.2) is 61.4 Å². The second-order valence-corrected chi connectivity index (χ2v) is 6.35. The highest BCUT2D eigenvalue weighted by Crippen LogP contribution is 2.20. The van der Waals surface area contributed by atoms with Gasteiger partial charge in [-0.2, -0.15) is 0 Å². The molecule has 1 aliphatic heterocycles. The molecule has 0 aromatic rings. The molecule has 20 heavy (non-hydrogen) atoms. The minimum absolute atomic E-state index is 0.195. The number of methoxy groups -OCH3 is 1. The molecule has 118 valence electrons. The largest absolute Gasteiger partial charge is 0.468 e. The molecule has 5 heteroatoms. The van der Waals surface area contributed by atoms with Crippen molar-refractivity contribution in [1.82, 2.24) is 10.2 Å². The molecule has 0 aromatic carbocycles. The van der Waals surface area contributed by atoms with Crippen LogP contribution in [-0.2, 0) is 14.3 Å². The van der Waals surface area contributed by atoms with Crippen molar-refractivity contribution in [2.24, 2.45) is 0 Å². The molecule has 5 nitrogen and oxygen atoms in total. The highest BCUT2D eigenvalue weighted by molar-refractivity contribution is 5.80. The summed E-state index contributed by atoms with van der Waals surface area (Å²) in [5, 5.41) is 3.36. The van der Waals surface area contributed by atoms with Crippen molar-refractivity contribution in [3.8, 4) is 0 Å². The molecule has 0 aliphatic carbocycles. The molecule has 1 N–H and O–H groups in total. The van der Waals surface area contributed by atoms with Gasteiger partial charge in [0.05, 0.1) is 19.8 Å². The fourth-order valence-electron chi connectivity index (χ4n) is 3.03. The lowest BCUT2D eigenvalue weighted by Gasteiger charge is -2.40. The Labute approximate surface area is 123 Å². The van der Waals surface area contributed by atoms with Gasteiger partial charge in [-0.1, -0.05) is 0 Å². The van der Waals surface area contributed by atoms with Gasteiger partial charge in [0.1, 0.15) is 5.54 Å². The second kappa shape index (κ2) is 7.38. The Morgan fingerprint density at radius 3 is 2.65 bits per heavy atom. The lowest BCUT2D eigenvalue weighted by molar-refractivity contribution is -0.149. The van der Waals surface area contributed by atoms with Gasteiger partial charge < -0.3 is 9.47 Å². The number of hydrogen-bond acceptors (Lipinski definition) is 5. The summed E-state index contributed by atoms with van der Waals surface area (Å²) in [6.07, 6.45) is 0.985. The summed E-state index contributed by atoms with van der Waals surface area (Å²) in [4.78, 5) is 14.5. The zero-order chi connectivity index (χ0) is 15.3. The summed E-state index contributed by atoms with van der Waals surface area (Å²) in [5.41, 5.74) is -0.649. The fraction of sp³-hybridized carbons (Fsp3) is 0.933. The maximum absolute atomic E-state index is 12.1. The van der Waals surface area contributed by atoms with Gasteiger partial charge >= 0.3 is 5.97 Å². The minimum Gasteiger partial charge on any atom is -0.468 e. The van der Waals surface area contributed by atoms with Crippen LogP contribution in [0.4, 0.5) is 0 Å². The molecule has 1 fully saturated rings. The molecule has 0 amide bonds. The van der Waals surface area contributed by atoms with Gasteiger partial charge in [0.25, 0.3) is 0 Å². The molecule has 0 aromatic heterocycles. The summed E-state index contributed by atoms with van der Waals surface area (Å²) in [6, 6.07) is 0.534. The van der Waals surface area contributed by atoms with Crippen molar-refractivity contribution in [3.63, 3.8) is 0 Å². The minimum atomic E-state index is -0.649. The van der Waals surface area contributed by atoms with Crippen LogP contribution in [0.15, 0.2) is 0 Å². The van der Waals surface area contributed by atoms with Crippen LogP contribution in [0, 0.1) is 0 Å². The van der Waals surface area contributed by atoms with Crippen molar-refractivity contribution in [2.75, 3.05) is 26.8 Å². The summed E-state index contributed by atoms with van der Waals surface area (Å²) >= 11 is 0. The Balaban J connectivity index is 2.70. The van der Waals surface area contributed by atoms with Crippen LogP contribution in [0.3, 0.4) is 0 Å². The third-order valence-corrected chi connectivity index (χ3v) is 3.84. The zero-order valence-corrected chi connectivity index (χ0v) is 13.7. The molecule has 1 heterocycles. The molecule has 1 aliphatic rings. The van der Waals surface area contributed by atoms with Crippen molar-refractivity contribution in [1.29, 1.82) is 0 Å². The molecule has 3 unspecified atom stereocenters. The van der Waals surface area contributed by atoms with E-state index in [4.69, 9.17) is 9.47 Å². The van der Waals surface area contributed by atoms with Crippen LogP contribution in [0.2, 0.25) is 0 Å². The van der Waals surface area contributed by atoms with Crippen LogP contribution in [0.1, 0.15) is 41.0 Å². The maximum Gasteiger partial charge on any atom is 0.325 e. The fourth-order valence-corrected chi connectivity index (χ4v) is 3.03. The Morgan fingerprint density at radius 2 is 2.15 bits per heavy atom. The topological polar surface area (TPSA) is 50.8 Å². The van der Waals surface area contributed by atoms with Gasteiger partial charge in [0, 0.05) is 25.2 Å². The number of carbonyl (C=O) groups excluding carboxylic acids is 1. The summed E-state index contributed by atoms with van der Waals surface area (Å²) in [6.45, 7) is 12.9. The number of nitrogens with one attached hydrogen (secondary N) is 1. The number of ether oxygens (including phenoxy) is 2. The normalized spacial score (nSPS) is 25.2. The van der Waals surface area contributed by atoms with E-state index in [1.165, 1.54) is 7.11 Å². The summed E-state index contributed by atoms with van der Waals surface area (Å²) in [5.74, 6) is -0.195.